The summed E-state index contributed by atoms with van der Waals surface area (Å²) in [6, 6.07) is 24.5. The molecule has 0 aliphatic carbocycles. The molecular formula is C32H22BBrF4N4O2. The summed E-state index contributed by atoms with van der Waals surface area (Å²) in [7, 11) is -1.97. The number of nitrogens with zero attached hydrogens (tertiary/aromatic N) is 4. The van der Waals surface area contributed by atoms with Crippen LogP contribution >= 0.6 is 15.9 Å². The highest BCUT2D eigenvalue weighted by atomic mass is 79.9. The van der Waals surface area contributed by atoms with Gasteiger partial charge in [0.05, 0.1) is 22.8 Å². The minimum absolute atomic E-state index is 0.199. The van der Waals surface area contributed by atoms with Gasteiger partial charge >= 0.3 is 7.12 Å². The number of hydrogen-bond donors (Lipinski definition) is 2. The highest BCUT2D eigenvalue weighted by Crippen LogP contribution is 2.25. The summed E-state index contributed by atoms with van der Waals surface area (Å²) in [5.41, 5.74) is 3.49. The van der Waals surface area contributed by atoms with E-state index in [1.165, 1.54) is 6.20 Å². The van der Waals surface area contributed by atoms with Crippen LogP contribution in [0.3, 0.4) is 0 Å². The lowest BCUT2D eigenvalue weighted by Crippen LogP contribution is -2.32. The fourth-order valence-corrected chi connectivity index (χ4v) is 3.93. The maximum absolute atomic E-state index is 13.7. The van der Waals surface area contributed by atoms with Crippen LogP contribution in [0.25, 0.3) is 33.9 Å². The van der Waals surface area contributed by atoms with Gasteiger partial charge in [-0.3, -0.25) is 19.9 Å². The molecule has 0 spiro atoms. The fraction of sp³-hybridized carbons (Fsp3) is 0. The number of benzene rings is 2. The average Bonchev–Trinajstić information content (AvgIpc) is 3.05. The largest absolute Gasteiger partial charge is 0.491 e. The van der Waals surface area contributed by atoms with Crippen molar-refractivity contribution < 1.29 is 27.6 Å². The Kier molecular flexibility index (Phi) is 11.4. The molecule has 6 nitrogen and oxygen atoms in total. The topological polar surface area (TPSA) is 92.0 Å². The normalized spacial score (nSPS) is 10.2. The zero-order valence-electron chi connectivity index (χ0n) is 22.7. The number of hydrogen-bond acceptors (Lipinski definition) is 6. The van der Waals surface area contributed by atoms with E-state index in [9.17, 15) is 17.6 Å². The monoisotopic (exact) mass is 660 g/mol. The molecule has 4 heterocycles. The Hall–Kier alpha value is -4.78. The highest BCUT2D eigenvalue weighted by Gasteiger charge is 2.16. The van der Waals surface area contributed by atoms with Crippen molar-refractivity contribution in [2.75, 3.05) is 0 Å². The number of halogens is 5. The van der Waals surface area contributed by atoms with Crippen LogP contribution in [0, 0.1) is 23.3 Å². The van der Waals surface area contributed by atoms with Crippen LogP contribution in [-0.4, -0.2) is 37.1 Å². The van der Waals surface area contributed by atoms with Gasteiger partial charge in [-0.1, -0.05) is 18.2 Å². The predicted molar refractivity (Wildman–Crippen MR) is 164 cm³/mol. The molecule has 0 aliphatic rings. The van der Waals surface area contributed by atoms with E-state index < -0.39 is 35.9 Å². The molecular weight excluding hydrogens is 639 g/mol. The molecule has 12 heteroatoms. The Morgan fingerprint density at radius 3 is 1.57 bits per heavy atom. The molecule has 0 saturated heterocycles. The first-order valence-electron chi connectivity index (χ1n) is 12.9. The van der Waals surface area contributed by atoms with Crippen LogP contribution < -0.4 is 5.46 Å². The molecule has 0 aliphatic heterocycles. The summed E-state index contributed by atoms with van der Waals surface area (Å²) in [5, 5.41) is 17.0. The Morgan fingerprint density at radius 2 is 1.09 bits per heavy atom. The lowest BCUT2D eigenvalue weighted by atomic mass is 9.80. The first-order chi connectivity index (χ1) is 21.2. The zero-order chi connectivity index (χ0) is 31.5. The van der Waals surface area contributed by atoms with Crippen molar-refractivity contribution in [3.63, 3.8) is 0 Å². The van der Waals surface area contributed by atoms with E-state index in [4.69, 9.17) is 10.0 Å². The van der Waals surface area contributed by atoms with E-state index >= 15 is 0 Å². The van der Waals surface area contributed by atoms with Crippen molar-refractivity contribution in [2.45, 2.75) is 0 Å². The third kappa shape index (κ3) is 9.11. The smallest absolute Gasteiger partial charge is 0.423 e. The van der Waals surface area contributed by atoms with E-state index in [0.29, 0.717) is 11.3 Å². The van der Waals surface area contributed by atoms with Crippen molar-refractivity contribution in [1.82, 2.24) is 19.9 Å². The number of aromatic nitrogens is 4. The van der Waals surface area contributed by atoms with Crippen molar-refractivity contribution in [2.24, 2.45) is 0 Å². The van der Waals surface area contributed by atoms with E-state index in [2.05, 4.69) is 35.9 Å². The Labute approximate surface area is 259 Å². The second-order valence-electron chi connectivity index (χ2n) is 8.89. The maximum atomic E-state index is 13.7. The SMILES string of the molecule is Brc1ccc(-c2ccccn2)nc1.Fc1ccc(F)c(-c2ccc(-c3ccccn3)nc2)c1.OB(O)c1cc(F)ccc1F. The van der Waals surface area contributed by atoms with E-state index in [-0.39, 0.29) is 5.56 Å². The second-order valence-corrected chi connectivity index (χ2v) is 9.80. The van der Waals surface area contributed by atoms with E-state index in [0.717, 1.165) is 58.0 Å². The van der Waals surface area contributed by atoms with Gasteiger partial charge in [0.2, 0.25) is 0 Å². The Morgan fingerprint density at radius 1 is 0.545 bits per heavy atom. The van der Waals surface area contributed by atoms with Gasteiger partial charge in [-0.15, -0.1) is 0 Å². The quantitative estimate of drug-likeness (QED) is 0.163. The molecule has 2 aromatic carbocycles. The van der Waals surface area contributed by atoms with Gasteiger partial charge in [-0.25, -0.2) is 17.6 Å². The Bertz CT molecular complexity index is 1790. The Balaban J connectivity index is 0.000000160. The minimum atomic E-state index is -1.97. The molecule has 4 aromatic heterocycles. The summed E-state index contributed by atoms with van der Waals surface area (Å²) in [6.07, 6.45) is 6.72. The summed E-state index contributed by atoms with van der Waals surface area (Å²) in [6.45, 7) is 0. The summed E-state index contributed by atoms with van der Waals surface area (Å²) >= 11 is 3.34. The second kappa shape index (κ2) is 15.6. The lowest BCUT2D eigenvalue weighted by Gasteiger charge is -2.05. The molecule has 6 aromatic rings. The van der Waals surface area contributed by atoms with E-state index in [1.807, 2.05) is 48.5 Å². The van der Waals surface area contributed by atoms with Crippen LogP contribution in [0.2, 0.25) is 0 Å². The van der Waals surface area contributed by atoms with Gasteiger partial charge < -0.3 is 10.0 Å². The van der Waals surface area contributed by atoms with E-state index in [1.54, 1.807) is 30.7 Å². The van der Waals surface area contributed by atoms with Crippen molar-refractivity contribution in [3.8, 4) is 33.9 Å². The third-order valence-electron chi connectivity index (χ3n) is 5.82. The molecule has 0 atom stereocenters. The number of rotatable bonds is 4. The van der Waals surface area contributed by atoms with Crippen LogP contribution in [-0.2, 0) is 0 Å². The van der Waals surface area contributed by atoms with Crippen molar-refractivity contribution in [3.05, 3.63) is 150 Å². The molecule has 0 fully saturated rings. The molecule has 220 valence electrons. The van der Waals surface area contributed by atoms with Crippen LogP contribution in [0.15, 0.2) is 126 Å². The first-order valence-corrected chi connectivity index (χ1v) is 13.7. The standard InChI is InChI=1S/C16H10F2N2.C10H7BrN2.C6H5BF2O2/c17-12-5-6-14(18)13(9-12)11-4-7-16(20-10-11)15-3-1-2-8-19-15;11-8-4-5-10(13-7-8)9-3-1-2-6-12-9;8-4-1-2-6(9)5(3-4)7(10)11/h1-10H;1-7H;1-3,10-11H. The van der Waals surface area contributed by atoms with Crippen LogP contribution in [0.1, 0.15) is 0 Å². The molecule has 0 bridgehead atoms. The minimum Gasteiger partial charge on any atom is -0.423 e. The lowest BCUT2D eigenvalue weighted by molar-refractivity contribution is 0.422. The van der Waals surface area contributed by atoms with Gasteiger partial charge in [0.25, 0.3) is 0 Å². The van der Waals surface area contributed by atoms with Gasteiger partial charge in [-0.05, 0) is 94.8 Å². The first kappa shape index (κ1) is 32.1. The number of pyridine rings is 4. The maximum Gasteiger partial charge on any atom is 0.491 e. The molecule has 0 saturated carbocycles. The highest BCUT2D eigenvalue weighted by molar-refractivity contribution is 9.10. The third-order valence-corrected chi connectivity index (χ3v) is 6.29. The zero-order valence-corrected chi connectivity index (χ0v) is 24.3. The molecule has 6 rings (SSSR count). The summed E-state index contributed by atoms with van der Waals surface area (Å²) < 4.78 is 52.7. The van der Waals surface area contributed by atoms with Gasteiger partial charge in [0.1, 0.15) is 23.3 Å². The van der Waals surface area contributed by atoms with Crippen LogP contribution in [0.5, 0.6) is 0 Å². The molecule has 0 radical (unpaired) electrons. The van der Waals surface area contributed by atoms with Gasteiger partial charge in [-0.2, -0.15) is 0 Å². The molecule has 0 unspecified atom stereocenters. The van der Waals surface area contributed by atoms with Crippen molar-refractivity contribution in [1.29, 1.82) is 0 Å². The van der Waals surface area contributed by atoms with Crippen molar-refractivity contribution >= 4 is 28.5 Å². The van der Waals surface area contributed by atoms with Gasteiger partial charge in [0.15, 0.2) is 0 Å². The molecule has 0 amide bonds. The fourth-order valence-electron chi connectivity index (χ4n) is 3.69. The molecule has 44 heavy (non-hydrogen) atoms. The average molecular weight is 661 g/mol. The predicted octanol–water partition coefficient (Wildman–Crippen LogP) is 6.64. The molecule has 2 N–H and O–H groups in total. The van der Waals surface area contributed by atoms with Crippen LogP contribution in [0.4, 0.5) is 17.6 Å². The summed E-state index contributed by atoms with van der Waals surface area (Å²) in [4.78, 5) is 16.9. The van der Waals surface area contributed by atoms with Gasteiger partial charge in [0, 0.05) is 45.8 Å². The summed E-state index contributed by atoms with van der Waals surface area (Å²) in [5.74, 6) is -2.48.